The lowest BCUT2D eigenvalue weighted by molar-refractivity contribution is -0.115. The molecule has 0 unspecified atom stereocenters. The van der Waals surface area contributed by atoms with Gasteiger partial charge in [0.1, 0.15) is 5.75 Å². The van der Waals surface area contributed by atoms with Crippen molar-refractivity contribution in [2.75, 3.05) is 12.4 Å². The van der Waals surface area contributed by atoms with Gasteiger partial charge in [0.05, 0.1) is 13.5 Å². The van der Waals surface area contributed by atoms with Crippen LogP contribution in [0.3, 0.4) is 0 Å². The zero-order chi connectivity index (χ0) is 15.2. The molecule has 3 nitrogen and oxygen atoms in total. The first-order chi connectivity index (χ1) is 10.1. The molecule has 2 aromatic carbocycles. The summed E-state index contributed by atoms with van der Waals surface area (Å²) in [7, 11) is 1.62. The number of methoxy groups -OCH3 is 1. The van der Waals surface area contributed by atoms with Crippen LogP contribution in [0.5, 0.6) is 5.75 Å². The molecule has 0 heterocycles. The van der Waals surface area contributed by atoms with E-state index < -0.39 is 0 Å². The molecule has 21 heavy (non-hydrogen) atoms. The lowest BCUT2D eigenvalue weighted by Crippen LogP contribution is -2.15. The Morgan fingerprint density at radius 3 is 2.76 bits per heavy atom. The molecule has 0 aliphatic rings. The molecule has 0 aliphatic heterocycles. The van der Waals surface area contributed by atoms with Crippen LogP contribution in [0.4, 0.5) is 5.69 Å². The molecular weight excluding hydrogens is 330 g/mol. The van der Waals surface area contributed by atoms with E-state index in [0.29, 0.717) is 6.42 Å². The van der Waals surface area contributed by atoms with Gasteiger partial charge in [-0.25, -0.2) is 0 Å². The van der Waals surface area contributed by atoms with Gasteiger partial charge in [-0.1, -0.05) is 35.0 Å². The van der Waals surface area contributed by atoms with E-state index in [0.717, 1.165) is 33.5 Å². The normalized spacial score (nSPS) is 10.2. The van der Waals surface area contributed by atoms with E-state index in [-0.39, 0.29) is 5.91 Å². The molecule has 0 aromatic heterocycles. The van der Waals surface area contributed by atoms with E-state index in [1.165, 1.54) is 0 Å². The number of nitrogens with one attached hydrogen (secondary N) is 1. The third-order valence-electron chi connectivity index (χ3n) is 3.22. The van der Waals surface area contributed by atoms with Gasteiger partial charge in [-0.05, 0) is 47.9 Å². The van der Waals surface area contributed by atoms with Crippen molar-refractivity contribution >= 4 is 27.5 Å². The van der Waals surface area contributed by atoms with Crippen molar-refractivity contribution < 1.29 is 9.53 Å². The highest BCUT2D eigenvalue weighted by Gasteiger charge is 2.08. The fraction of sp³-hybridized carbons (Fsp3) is 0.235. The predicted molar refractivity (Wildman–Crippen MR) is 88.8 cm³/mol. The average Bonchev–Trinajstić information content (AvgIpc) is 2.49. The highest BCUT2D eigenvalue weighted by molar-refractivity contribution is 9.10. The van der Waals surface area contributed by atoms with Gasteiger partial charge in [0.25, 0.3) is 0 Å². The number of halogens is 1. The van der Waals surface area contributed by atoms with Crippen LogP contribution in [-0.4, -0.2) is 13.0 Å². The fourth-order valence-electron chi connectivity index (χ4n) is 2.14. The summed E-state index contributed by atoms with van der Waals surface area (Å²) in [5.41, 5.74) is 2.92. The predicted octanol–water partition coefficient (Wildman–Crippen LogP) is 4.20. The summed E-state index contributed by atoms with van der Waals surface area (Å²) in [5.74, 6) is 0.735. The standard InChI is InChI=1S/C17H18BrNO2/c1-3-13-11-14(18)7-8-16(13)19-17(20)10-12-5-4-6-15(9-12)21-2/h4-9,11H,3,10H2,1-2H3,(H,19,20). The molecule has 0 fully saturated rings. The van der Waals surface area contributed by atoms with Gasteiger partial charge in [0.15, 0.2) is 0 Å². The van der Waals surface area contributed by atoms with E-state index >= 15 is 0 Å². The molecule has 0 saturated carbocycles. The molecular formula is C17H18BrNO2. The molecule has 0 bridgehead atoms. The molecule has 1 amide bonds. The summed E-state index contributed by atoms with van der Waals surface area (Å²) in [5, 5.41) is 2.97. The Morgan fingerprint density at radius 2 is 2.05 bits per heavy atom. The molecule has 2 rings (SSSR count). The van der Waals surface area contributed by atoms with Crippen LogP contribution in [0, 0.1) is 0 Å². The number of amides is 1. The Morgan fingerprint density at radius 1 is 1.24 bits per heavy atom. The lowest BCUT2D eigenvalue weighted by atomic mass is 10.1. The first kappa shape index (κ1) is 15.6. The molecule has 1 N–H and O–H groups in total. The van der Waals surface area contributed by atoms with Crippen LogP contribution >= 0.6 is 15.9 Å². The molecule has 0 atom stereocenters. The van der Waals surface area contributed by atoms with Gasteiger partial charge in [0, 0.05) is 10.2 Å². The van der Waals surface area contributed by atoms with Gasteiger partial charge in [-0.15, -0.1) is 0 Å². The van der Waals surface area contributed by atoms with Crippen LogP contribution < -0.4 is 10.1 Å². The Balaban J connectivity index is 2.08. The maximum absolute atomic E-state index is 12.2. The first-order valence-electron chi connectivity index (χ1n) is 6.83. The van der Waals surface area contributed by atoms with Crippen molar-refractivity contribution in [2.24, 2.45) is 0 Å². The van der Waals surface area contributed by atoms with Crippen LogP contribution in [-0.2, 0) is 17.6 Å². The summed E-state index contributed by atoms with van der Waals surface area (Å²) < 4.78 is 6.19. The summed E-state index contributed by atoms with van der Waals surface area (Å²) in [4.78, 5) is 12.2. The third-order valence-corrected chi connectivity index (χ3v) is 3.71. The van der Waals surface area contributed by atoms with Crippen molar-refractivity contribution in [1.29, 1.82) is 0 Å². The minimum Gasteiger partial charge on any atom is -0.497 e. The van der Waals surface area contributed by atoms with Gasteiger partial charge < -0.3 is 10.1 Å². The van der Waals surface area contributed by atoms with Crippen LogP contribution in [0.2, 0.25) is 0 Å². The van der Waals surface area contributed by atoms with E-state index in [4.69, 9.17) is 4.74 Å². The first-order valence-corrected chi connectivity index (χ1v) is 7.63. The molecule has 0 spiro atoms. The van der Waals surface area contributed by atoms with Crippen molar-refractivity contribution in [3.63, 3.8) is 0 Å². The zero-order valence-corrected chi connectivity index (χ0v) is 13.7. The number of ether oxygens (including phenoxy) is 1. The smallest absolute Gasteiger partial charge is 0.228 e. The maximum Gasteiger partial charge on any atom is 0.228 e. The Bertz CT molecular complexity index is 640. The second kappa shape index (κ2) is 7.27. The summed E-state index contributed by atoms with van der Waals surface area (Å²) in [6.45, 7) is 2.07. The van der Waals surface area contributed by atoms with Crippen molar-refractivity contribution in [2.45, 2.75) is 19.8 Å². The van der Waals surface area contributed by atoms with Crippen LogP contribution in [0.15, 0.2) is 46.9 Å². The topological polar surface area (TPSA) is 38.3 Å². The lowest BCUT2D eigenvalue weighted by Gasteiger charge is -2.11. The SMILES string of the molecule is CCc1cc(Br)ccc1NC(=O)Cc1cccc(OC)c1. The molecule has 0 saturated heterocycles. The third kappa shape index (κ3) is 4.33. The van der Waals surface area contributed by atoms with E-state index in [9.17, 15) is 4.79 Å². The summed E-state index contributed by atoms with van der Waals surface area (Å²) >= 11 is 3.45. The fourth-order valence-corrected chi connectivity index (χ4v) is 2.55. The highest BCUT2D eigenvalue weighted by Crippen LogP contribution is 2.22. The zero-order valence-electron chi connectivity index (χ0n) is 12.2. The minimum atomic E-state index is -0.0275. The van der Waals surface area contributed by atoms with Crippen LogP contribution in [0.25, 0.3) is 0 Å². The number of benzene rings is 2. The van der Waals surface area contributed by atoms with Crippen LogP contribution in [0.1, 0.15) is 18.1 Å². The van der Waals surface area contributed by atoms with Crippen molar-refractivity contribution in [1.82, 2.24) is 0 Å². The van der Waals surface area contributed by atoms with E-state index in [2.05, 4.69) is 28.2 Å². The molecule has 0 aliphatic carbocycles. The van der Waals surface area contributed by atoms with Gasteiger partial charge in [-0.2, -0.15) is 0 Å². The second-order valence-corrected chi connectivity index (χ2v) is 5.65. The second-order valence-electron chi connectivity index (χ2n) is 4.73. The van der Waals surface area contributed by atoms with E-state index in [1.807, 2.05) is 42.5 Å². The number of rotatable bonds is 5. The number of hydrogen-bond acceptors (Lipinski definition) is 2. The van der Waals surface area contributed by atoms with Crippen molar-refractivity contribution in [3.05, 3.63) is 58.1 Å². The number of anilines is 1. The number of carbonyl (C=O) groups is 1. The highest BCUT2D eigenvalue weighted by atomic mass is 79.9. The largest absolute Gasteiger partial charge is 0.497 e. The Kier molecular flexibility index (Phi) is 5.39. The quantitative estimate of drug-likeness (QED) is 0.879. The Labute approximate surface area is 133 Å². The maximum atomic E-state index is 12.2. The number of carbonyl (C=O) groups excluding carboxylic acids is 1. The molecule has 110 valence electrons. The monoisotopic (exact) mass is 347 g/mol. The van der Waals surface area contributed by atoms with Gasteiger partial charge >= 0.3 is 0 Å². The number of aryl methyl sites for hydroxylation is 1. The molecule has 2 aromatic rings. The summed E-state index contributed by atoms with van der Waals surface area (Å²) in [6, 6.07) is 13.4. The van der Waals surface area contributed by atoms with E-state index in [1.54, 1.807) is 7.11 Å². The molecule has 4 heteroatoms. The minimum absolute atomic E-state index is 0.0275. The van der Waals surface area contributed by atoms with Crippen molar-refractivity contribution in [3.8, 4) is 5.75 Å². The number of hydrogen-bond donors (Lipinski definition) is 1. The summed E-state index contributed by atoms with van der Waals surface area (Å²) in [6.07, 6.45) is 1.20. The van der Waals surface area contributed by atoms with Gasteiger partial charge in [0.2, 0.25) is 5.91 Å². The molecule has 0 radical (unpaired) electrons. The Hall–Kier alpha value is -1.81. The average molecular weight is 348 g/mol. The van der Waals surface area contributed by atoms with Gasteiger partial charge in [-0.3, -0.25) is 4.79 Å².